The first-order chi connectivity index (χ1) is 10.6. The van der Waals surface area contributed by atoms with Gasteiger partial charge in [0.15, 0.2) is 0 Å². The van der Waals surface area contributed by atoms with Crippen LogP contribution in [0.2, 0.25) is 0 Å². The number of amides is 1. The van der Waals surface area contributed by atoms with E-state index in [1.165, 1.54) is 44.6 Å². The van der Waals surface area contributed by atoms with E-state index in [-0.39, 0.29) is 11.6 Å². The fourth-order valence-electron chi connectivity index (χ4n) is 3.20. The van der Waals surface area contributed by atoms with Gasteiger partial charge in [0.1, 0.15) is 0 Å². The van der Waals surface area contributed by atoms with Crippen LogP contribution in [0, 0.1) is 23.0 Å². The second kappa shape index (κ2) is 7.92. The molecule has 0 spiro atoms. The largest absolute Gasteiger partial charge is 0.352 e. The number of nitro benzene ring substituents is 1. The van der Waals surface area contributed by atoms with Crippen LogP contribution in [0.4, 0.5) is 5.69 Å². The Balaban J connectivity index is 1.89. The molecule has 0 radical (unpaired) electrons. The van der Waals surface area contributed by atoms with E-state index in [1.54, 1.807) is 19.1 Å². The summed E-state index contributed by atoms with van der Waals surface area (Å²) < 4.78 is 0. The van der Waals surface area contributed by atoms with Crippen molar-refractivity contribution < 1.29 is 9.72 Å². The number of nitro groups is 1. The van der Waals surface area contributed by atoms with Crippen LogP contribution in [0.15, 0.2) is 18.2 Å². The molecule has 0 atom stereocenters. The quantitative estimate of drug-likeness (QED) is 0.508. The van der Waals surface area contributed by atoms with Gasteiger partial charge in [-0.05, 0) is 25.3 Å². The van der Waals surface area contributed by atoms with Crippen LogP contribution < -0.4 is 5.32 Å². The van der Waals surface area contributed by atoms with E-state index in [9.17, 15) is 14.9 Å². The zero-order valence-electron chi connectivity index (χ0n) is 13.1. The molecule has 2 rings (SSSR count). The number of nitrogens with one attached hydrogen (secondary N) is 1. The molecule has 0 saturated heterocycles. The lowest BCUT2D eigenvalue weighted by Crippen LogP contribution is -2.26. The summed E-state index contributed by atoms with van der Waals surface area (Å²) in [5.41, 5.74) is 0.825. The maximum absolute atomic E-state index is 12.2. The highest BCUT2D eigenvalue weighted by atomic mass is 16.6. The Morgan fingerprint density at radius 2 is 1.95 bits per heavy atom. The van der Waals surface area contributed by atoms with Gasteiger partial charge in [-0.15, -0.1) is 0 Å². The van der Waals surface area contributed by atoms with Gasteiger partial charge in [-0.25, -0.2) is 0 Å². The molecular formula is C17H24N2O3. The van der Waals surface area contributed by atoms with Crippen molar-refractivity contribution >= 4 is 11.6 Å². The molecule has 1 N–H and O–H groups in total. The molecule has 120 valence electrons. The highest BCUT2D eigenvalue weighted by Gasteiger charge is 2.18. The smallest absolute Gasteiger partial charge is 0.273 e. The maximum atomic E-state index is 12.2. The minimum Gasteiger partial charge on any atom is -0.352 e. The van der Waals surface area contributed by atoms with E-state index >= 15 is 0 Å². The summed E-state index contributed by atoms with van der Waals surface area (Å²) in [6.45, 7) is 2.27. The highest BCUT2D eigenvalue weighted by Crippen LogP contribution is 2.25. The van der Waals surface area contributed by atoms with Gasteiger partial charge < -0.3 is 5.32 Å². The number of hydrogen-bond acceptors (Lipinski definition) is 3. The molecule has 1 aromatic carbocycles. The Bertz CT molecular complexity index is 535. The molecule has 1 aromatic rings. The number of nitrogens with zero attached hydrogens (tertiary/aromatic N) is 1. The summed E-state index contributed by atoms with van der Waals surface area (Å²) in [6.07, 6.45) is 8.76. The average molecular weight is 304 g/mol. The second-order valence-electron chi connectivity index (χ2n) is 6.11. The first kappa shape index (κ1) is 16.5. The third-order valence-corrected chi connectivity index (χ3v) is 4.56. The fourth-order valence-corrected chi connectivity index (χ4v) is 3.20. The lowest BCUT2D eigenvalue weighted by Gasteiger charge is -2.14. The van der Waals surface area contributed by atoms with Gasteiger partial charge in [0.05, 0.1) is 4.92 Å². The van der Waals surface area contributed by atoms with Crippen molar-refractivity contribution in [1.29, 1.82) is 0 Å². The summed E-state index contributed by atoms with van der Waals surface area (Å²) in [7, 11) is 0. The van der Waals surface area contributed by atoms with Crippen molar-refractivity contribution in [3.63, 3.8) is 0 Å². The molecule has 0 aromatic heterocycles. The van der Waals surface area contributed by atoms with E-state index in [1.807, 2.05) is 0 Å². The molecule has 0 heterocycles. The average Bonchev–Trinajstić information content (AvgIpc) is 2.75. The third kappa shape index (κ3) is 4.29. The first-order valence-electron chi connectivity index (χ1n) is 8.12. The predicted octanol–water partition coefficient (Wildman–Crippen LogP) is 3.99. The minimum atomic E-state index is -0.447. The van der Waals surface area contributed by atoms with Gasteiger partial charge in [0, 0.05) is 23.7 Å². The van der Waals surface area contributed by atoms with Gasteiger partial charge in [-0.1, -0.05) is 44.6 Å². The summed E-state index contributed by atoms with van der Waals surface area (Å²) in [5, 5.41) is 13.8. The van der Waals surface area contributed by atoms with E-state index in [0.29, 0.717) is 23.6 Å². The summed E-state index contributed by atoms with van der Waals surface area (Å²) in [4.78, 5) is 22.7. The lowest BCUT2D eigenvalue weighted by atomic mass is 9.96. The Morgan fingerprint density at radius 1 is 1.27 bits per heavy atom. The van der Waals surface area contributed by atoms with Gasteiger partial charge in [0.2, 0.25) is 0 Å². The number of hydrogen-bond donors (Lipinski definition) is 1. The molecule has 5 heteroatoms. The van der Waals surface area contributed by atoms with Crippen LogP contribution in [0.25, 0.3) is 0 Å². The van der Waals surface area contributed by atoms with Gasteiger partial charge in [-0.2, -0.15) is 0 Å². The van der Waals surface area contributed by atoms with E-state index in [4.69, 9.17) is 0 Å². The number of benzene rings is 1. The van der Waals surface area contributed by atoms with Crippen molar-refractivity contribution in [3.05, 3.63) is 39.4 Å². The van der Waals surface area contributed by atoms with Crippen molar-refractivity contribution in [2.45, 2.75) is 51.9 Å². The predicted molar refractivity (Wildman–Crippen MR) is 86.0 cm³/mol. The molecule has 1 saturated carbocycles. The fraction of sp³-hybridized carbons (Fsp3) is 0.588. The highest BCUT2D eigenvalue weighted by molar-refractivity contribution is 5.96. The molecule has 0 aliphatic heterocycles. The summed E-state index contributed by atoms with van der Waals surface area (Å²) in [6, 6.07) is 4.63. The number of carbonyl (C=O) groups is 1. The molecule has 0 unspecified atom stereocenters. The van der Waals surface area contributed by atoms with Crippen LogP contribution in [-0.2, 0) is 0 Å². The molecule has 22 heavy (non-hydrogen) atoms. The number of rotatable bonds is 5. The maximum Gasteiger partial charge on any atom is 0.273 e. The van der Waals surface area contributed by atoms with E-state index in [0.717, 1.165) is 6.42 Å². The van der Waals surface area contributed by atoms with Crippen molar-refractivity contribution in [2.75, 3.05) is 6.54 Å². The summed E-state index contributed by atoms with van der Waals surface area (Å²) in [5.74, 6) is 0.490. The molecule has 1 amide bonds. The van der Waals surface area contributed by atoms with Crippen LogP contribution in [-0.4, -0.2) is 17.4 Å². The van der Waals surface area contributed by atoms with Gasteiger partial charge in [-0.3, -0.25) is 14.9 Å². The Kier molecular flexibility index (Phi) is 5.92. The molecule has 1 aliphatic carbocycles. The number of carbonyl (C=O) groups excluding carboxylic acids is 1. The van der Waals surface area contributed by atoms with Crippen molar-refractivity contribution in [1.82, 2.24) is 5.32 Å². The first-order valence-corrected chi connectivity index (χ1v) is 8.12. The van der Waals surface area contributed by atoms with Crippen LogP contribution in [0.5, 0.6) is 0 Å². The Hall–Kier alpha value is -1.91. The summed E-state index contributed by atoms with van der Waals surface area (Å²) >= 11 is 0. The van der Waals surface area contributed by atoms with Crippen molar-refractivity contribution in [3.8, 4) is 0 Å². The second-order valence-corrected chi connectivity index (χ2v) is 6.11. The molecule has 1 aliphatic rings. The van der Waals surface area contributed by atoms with Gasteiger partial charge in [0.25, 0.3) is 11.6 Å². The Morgan fingerprint density at radius 3 is 2.59 bits per heavy atom. The molecule has 1 fully saturated rings. The topological polar surface area (TPSA) is 72.2 Å². The van der Waals surface area contributed by atoms with Crippen LogP contribution in [0.3, 0.4) is 0 Å². The monoisotopic (exact) mass is 304 g/mol. The van der Waals surface area contributed by atoms with E-state index < -0.39 is 4.92 Å². The van der Waals surface area contributed by atoms with E-state index in [2.05, 4.69) is 5.32 Å². The zero-order valence-corrected chi connectivity index (χ0v) is 13.1. The SMILES string of the molecule is Cc1c(C(=O)NCCC2CCCCCC2)cccc1[N+](=O)[O-]. The minimum absolute atomic E-state index is 0.00332. The lowest BCUT2D eigenvalue weighted by molar-refractivity contribution is -0.385. The third-order valence-electron chi connectivity index (χ3n) is 4.56. The molecule has 5 nitrogen and oxygen atoms in total. The standard InChI is InChI=1S/C17H24N2O3/c1-13-15(9-6-10-16(13)19(21)22)17(20)18-12-11-14-7-4-2-3-5-8-14/h6,9-10,14H,2-5,7-8,11-12H2,1H3,(H,18,20). The normalized spacial score (nSPS) is 16.0. The van der Waals surface area contributed by atoms with Crippen LogP contribution >= 0.6 is 0 Å². The zero-order chi connectivity index (χ0) is 15.9. The molecular weight excluding hydrogens is 280 g/mol. The van der Waals surface area contributed by atoms with Crippen LogP contribution in [0.1, 0.15) is 60.9 Å². The van der Waals surface area contributed by atoms with Gasteiger partial charge >= 0.3 is 0 Å². The molecule has 0 bridgehead atoms. The van der Waals surface area contributed by atoms with Crippen molar-refractivity contribution in [2.24, 2.45) is 5.92 Å². The Labute approximate surface area is 131 Å².